The summed E-state index contributed by atoms with van der Waals surface area (Å²) in [6.45, 7) is 8.81. The fraction of sp³-hybridized carbons (Fsp3) is 0.909. The van der Waals surface area contributed by atoms with Crippen molar-refractivity contribution < 1.29 is 9.90 Å². The standard InChI is InChI=1S/C11H24N2O2/c1-9(2)13(5)8-6-7-12-10(14)11(3,4)15/h9,15H,6-8H2,1-5H3,(H,12,14). The fourth-order valence-electron chi connectivity index (χ4n) is 1.00. The monoisotopic (exact) mass is 216 g/mol. The molecule has 0 radical (unpaired) electrons. The van der Waals surface area contributed by atoms with E-state index in [0.717, 1.165) is 13.0 Å². The van der Waals surface area contributed by atoms with Gasteiger partial charge in [0.2, 0.25) is 0 Å². The molecule has 0 rings (SSSR count). The summed E-state index contributed by atoms with van der Waals surface area (Å²) in [5.41, 5.74) is -1.27. The van der Waals surface area contributed by atoms with E-state index in [9.17, 15) is 9.90 Å². The highest BCUT2D eigenvalue weighted by Crippen LogP contribution is 2.00. The number of nitrogens with one attached hydrogen (secondary N) is 1. The normalized spacial score (nSPS) is 12.3. The van der Waals surface area contributed by atoms with Crippen molar-refractivity contribution in [2.45, 2.75) is 45.8 Å². The molecule has 15 heavy (non-hydrogen) atoms. The molecule has 0 saturated carbocycles. The van der Waals surface area contributed by atoms with Gasteiger partial charge in [0.1, 0.15) is 5.60 Å². The number of hydrogen-bond donors (Lipinski definition) is 2. The van der Waals surface area contributed by atoms with Crippen molar-refractivity contribution in [1.29, 1.82) is 0 Å². The minimum Gasteiger partial charge on any atom is -0.381 e. The van der Waals surface area contributed by atoms with Crippen LogP contribution in [0.15, 0.2) is 0 Å². The van der Waals surface area contributed by atoms with Crippen LogP contribution in [0.2, 0.25) is 0 Å². The van der Waals surface area contributed by atoms with Gasteiger partial charge in [-0.3, -0.25) is 4.79 Å². The molecular weight excluding hydrogens is 192 g/mol. The molecule has 0 unspecified atom stereocenters. The topological polar surface area (TPSA) is 52.6 Å². The third kappa shape index (κ3) is 6.47. The molecule has 90 valence electrons. The van der Waals surface area contributed by atoms with E-state index in [2.05, 4.69) is 31.1 Å². The Morgan fingerprint density at radius 2 is 2.00 bits per heavy atom. The van der Waals surface area contributed by atoms with E-state index < -0.39 is 5.60 Å². The van der Waals surface area contributed by atoms with Crippen LogP contribution in [-0.4, -0.2) is 47.7 Å². The fourth-order valence-corrected chi connectivity index (χ4v) is 1.00. The third-order valence-electron chi connectivity index (χ3n) is 2.41. The molecule has 0 bridgehead atoms. The van der Waals surface area contributed by atoms with Gasteiger partial charge in [-0.15, -0.1) is 0 Å². The Kier molecular flexibility index (Phi) is 5.83. The summed E-state index contributed by atoms with van der Waals surface area (Å²) in [5.74, 6) is -0.310. The highest BCUT2D eigenvalue weighted by atomic mass is 16.3. The van der Waals surface area contributed by atoms with Gasteiger partial charge in [-0.2, -0.15) is 0 Å². The molecule has 0 aromatic carbocycles. The van der Waals surface area contributed by atoms with Crippen LogP contribution < -0.4 is 5.32 Å². The zero-order valence-electron chi connectivity index (χ0n) is 10.5. The SMILES string of the molecule is CC(C)N(C)CCCNC(=O)C(C)(C)O. The Morgan fingerprint density at radius 3 is 2.40 bits per heavy atom. The van der Waals surface area contributed by atoms with Crippen LogP contribution in [0.5, 0.6) is 0 Å². The van der Waals surface area contributed by atoms with Gasteiger partial charge in [0.15, 0.2) is 0 Å². The highest BCUT2D eigenvalue weighted by Gasteiger charge is 2.22. The van der Waals surface area contributed by atoms with E-state index in [-0.39, 0.29) is 5.91 Å². The van der Waals surface area contributed by atoms with Gasteiger partial charge in [0.05, 0.1) is 0 Å². The number of rotatable bonds is 6. The van der Waals surface area contributed by atoms with Crippen molar-refractivity contribution in [3.05, 3.63) is 0 Å². The van der Waals surface area contributed by atoms with Crippen molar-refractivity contribution in [2.75, 3.05) is 20.1 Å². The van der Waals surface area contributed by atoms with Crippen molar-refractivity contribution >= 4 is 5.91 Å². The first-order valence-corrected chi connectivity index (χ1v) is 5.46. The van der Waals surface area contributed by atoms with Crippen LogP contribution in [0.25, 0.3) is 0 Å². The molecule has 0 aromatic heterocycles. The number of carbonyl (C=O) groups is 1. The summed E-state index contributed by atoms with van der Waals surface area (Å²) in [7, 11) is 2.06. The second-order valence-electron chi connectivity index (χ2n) is 4.74. The molecule has 0 atom stereocenters. The molecule has 0 heterocycles. The summed E-state index contributed by atoms with van der Waals surface area (Å²) in [6.07, 6.45) is 0.899. The number of carbonyl (C=O) groups excluding carboxylic acids is 1. The van der Waals surface area contributed by atoms with Crippen LogP contribution in [0.1, 0.15) is 34.1 Å². The lowest BCUT2D eigenvalue weighted by Crippen LogP contribution is -2.42. The van der Waals surface area contributed by atoms with Gasteiger partial charge in [-0.25, -0.2) is 0 Å². The van der Waals surface area contributed by atoms with Crippen molar-refractivity contribution in [1.82, 2.24) is 10.2 Å². The Morgan fingerprint density at radius 1 is 1.47 bits per heavy atom. The molecule has 0 fully saturated rings. The zero-order chi connectivity index (χ0) is 12.1. The minimum atomic E-state index is -1.27. The van der Waals surface area contributed by atoms with E-state index in [4.69, 9.17) is 0 Å². The van der Waals surface area contributed by atoms with Gasteiger partial charge in [-0.05, 0) is 47.7 Å². The average molecular weight is 216 g/mol. The lowest BCUT2D eigenvalue weighted by atomic mass is 10.1. The first-order chi connectivity index (χ1) is 6.75. The van der Waals surface area contributed by atoms with Crippen molar-refractivity contribution in [3.63, 3.8) is 0 Å². The highest BCUT2D eigenvalue weighted by molar-refractivity contribution is 5.83. The van der Waals surface area contributed by atoms with Gasteiger partial charge in [0.25, 0.3) is 5.91 Å². The second-order valence-corrected chi connectivity index (χ2v) is 4.74. The second kappa shape index (κ2) is 6.08. The van der Waals surface area contributed by atoms with Crippen LogP contribution >= 0.6 is 0 Å². The number of amides is 1. The maximum absolute atomic E-state index is 11.3. The van der Waals surface area contributed by atoms with Gasteiger partial charge in [-0.1, -0.05) is 0 Å². The lowest BCUT2D eigenvalue weighted by molar-refractivity contribution is -0.136. The third-order valence-corrected chi connectivity index (χ3v) is 2.41. The van der Waals surface area contributed by atoms with E-state index in [1.54, 1.807) is 0 Å². The molecule has 0 aliphatic carbocycles. The molecule has 0 aliphatic rings. The molecule has 2 N–H and O–H groups in total. The Labute approximate surface area is 92.7 Å². The summed E-state index contributed by atoms with van der Waals surface area (Å²) < 4.78 is 0. The molecule has 0 aliphatic heterocycles. The van der Waals surface area contributed by atoms with E-state index >= 15 is 0 Å². The van der Waals surface area contributed by atoms with Crippen LogP contribution in [-0.2, 0) is 4.79 Å². The zero-order valence-corrected chi connectivity index (χ0v) is 10.5. The maximum Gasteiger partial charge on any atom is 0.251 e. The van der Waals surface area contributed by atoms with Gasteiger partial charge in [0, 0.05) is 12.6 Å². The van der Waals surface area contributed by atoms with Crippen LogP contribution in [0.3, 0.4) is 0 Å². The number of nitrogens with zero attached hydrogens (tertiary/aromatic N) is 1. The summed E-state index contributed by atoms with van der Waals surface area (Å²) in [5, 5.41) is 12.1. The smallest absolute Gasteiger partial charge is 0.251 e. The predicted octanol–water partition coefficient (Wildman–Crippen LogP) is 0.604. The van der Waals surface area contributed by atoms with Crippen molar-refractivity contribution in [3.8, 4) is 0 Å². The lowest BCUT2D eigenvalue weighted by Gasteiger charge is -2.21. The Hall–Kier alpha value is -0.610. The number of aliphatic hydroxyl groups is 1. The van der Waals surface area contributed by atoms with E-state index in [0.29, 0.717) is 12.6 Å². The molecular formula is C11H24N2O2. The molecule has 0 aromatic rings. The first kappa shape index (κ1) is 14.4. The predicted molar refractivity (Wildman–Crippen MR) is 61.7 cm³/mol. The maximum atomic E-state index is 11.3. The Balaban J connectivity index is 3.60. The molecule has 0 saturated heterocycles. The molecule has 1 amide bonds. The first-order valence-electron chi connectivity index (χ1n) is 5.46. The van der Waals surface area contributed by atoms with Crippen molar-refractivity contribution in [2.24, 2.45) is 0 Å². The van der Waals surface area contributed by atoms with Crippen LogP contribution in [0, 0.1) is 0 Å². The van der Waals surface area contributed by atoms with Gasteiger partial charge < -0.3 is 15.3 Å². The largest absolute Gasteiger partial charge is 0.381 e. The van der Waals surface area contributed by atoms with E-state index in [1.807, 2.05) is 0 Å². The summed E-state index contributed by atoms with van der Waals surface area (Å²) >= 11 is 0. The quantitative estimate of drug-likeness (QED) is 0.639. The van der Waals surface area contributed by atoms with E-state index in [1.165, 1.54) is 13.8 Å². The Bertz CT molecular complexity index is 197. The van der Waals surface area contributed by atoms with Crippen LogP contribution in [0.4, 0.5) is 0 Å². The average Bonchev–Trinajstić information content (AvgIpc) is 2.09. The summed E-state index contributed by atoms with van der Waals surface area (Å²) in [4.78, 5) is 13.5. The molecule has 0 spiro atoms. The molecule has 4 heteroatoms. The van der Waals surface area contributed by atoms with Gasteiger partial charge >= 0.3 is 0 Å². The summed E-state index contributed by atoms with van der Waals surface area (Å²) in [6, 6.07) is 0.523. The molecule has 4 nitrogen and oxygen atoms in total. The number of hydrogen-bond acceptors (Lipinski definition) is 3. The minimum absolute atomic E-state index is 0.310.